The highest BCUT2D eigenvalue weighted by Crippen LogP contribution is 2.29. The van der Waals surface area contributed by atoms with Crippen molar-refractivity contribution in [1.82, 2.24) is 14.4 Å². The van der Waals surface area contributed by atoms with Gasteiger partial charge in [-0.25, -0.2) is 9.59 Å². The van der Waals surface area contributed by atoms with Crippen LogP contribution in [0.25, 0.3) is 11.1 Å². The fraction of sp³-hybridized carbons (Fsp3) is 0.318. The number of carbonyl (C=O) groups is 2. The third kappa shape index (κ3) is 4.22. The van der Waals surface area contributed by atoms with Gasteiger partial charge in [-0.2, -0.15) is 0 Å². The molecule has 1 amide bonds. The predicted molar refractivity (Wildman–Crippen MR) is 115 cm³/mol. The van der Waals surface area contributed by atoms with Gasteiger partial charge in [0.25, 0.3) is 0 Å². The molecule has 0 spiro atoms. The van der Waals surface area contributed by atoms with E-state index in [4.69, 9.17) is 20.8 Å². The van der Waals surface area contributed by atoms with Crippen LogP contribution in [0.15, 0.2) is 57.7 Å². The normalized spacial score (nSPS) is 15.7. The number of piperazine rings is 1. The van der Waals surface area contributed by atoms with E-state index in [9.17, 15) is 14.4 Å². The number of hydrogen-bond donors (Lipinski definition) is 0. The molecule has 0 bridgehead atoms. The molecular formula is C22H22ClN3O5. The van der Waals surface area contributed by atoms with Crippen molar-refractivity contribution >= 4 is 34.6 Å². The first-order chi connectivity index (χ1) is 15.0. The second kappa shape index (κ2) is 8.95. The summed E-state index contributed by atoms with van der Waals surface area (Å²) in [6.07, 6.45) is 0. The van der Waals surface area contributed by atoms with Crippen LogP contribution in [-0.4, -0.2) is 59.5 Å². The maximum Gasteiger partial charge on any atom is 0.420 e. The second-order valence-corrected chi connectivity index (χ2v) is 7.69. The summed E-state index contributed by atoms with van der Waals surface area (Å²) < 4.78 is 11.5. The summed E-state index contributed by atoms with van der Waals surface area (Å²) in [5.41, 5.74) is 1.71. The van der Waals surface area contributed by atoms with Crippen LogP contribution in [0.1, 0.15) is 11.6 Å². The number of aromatic nitrogens is 1. The van der Waals surface area contributed by atoms with Crippen molar-refractivity contribution in [3.8, 4) is 0 Å². The summed E-state index contributed by atoms with van der Waals surface area (Å²) in [5.74, 6) is -1.14. The summed E-state index contributed by atoms with van der Waals surface area (Å²) in [4.78, 5) is 41.1. The summed E-state index contributed by atoms with van der Waals surface area (Å²) in [5, 5.41) is 0.489. The number of rotatable bonds is 5. The fourth-order valence-electron chi connectivity index (χ4n) is 3.91. The SMILES string of the molecule is COC(=O)C(c1ccccc1Cl)N1CCN(C(=O)Cn2c(=O)oc3ccccc32)CC1. The number of ether oxygens (including phenoxy) is 1. The Kier molecular flexibility index (Phi) is 6.11. The Morgan fingerprint density at radius 3 is 2.45 bits per heavy atom. The number of benzene rings is 2. The van der Waals surface area contributed by atoms with Crippen LogP contribution in [0.4, 0.5) is 0 Å². The molecule has 1 saturated heterocycles. The number of para-hydroxylation sites is 2. The van der Waals surface area contributed by atoms with Crippen molar-refractivity contribution in [1.29, 1.82) is 0 Å². The summed E-state index contributed by atoms with van der Waals surface area (Å²) in [6, 6.07) is 13.5. The van der Waals surface area contributed by atoms with E-state index in [0.29, 0.717) is 47.9 Å². The highest BCUT2D eigenvalue weighted by atomic mass is 35.5. The number of carbonyl (C=O) groups excluding carboxylic acids is 2. The molecule has 0 saturated carbocycles. The number of oxazole rings is 1. The lowest BCUT2D eigenvalue weighted by molar-refractivity contribution is -0.148. The van der Waals surface area contributed by atoms with E-state index in [1.54, 1.807) is 47.4 Å². The molecule has 0 N–H and O–H groups in total. The molecule has 3 aromatic rings. The van der Waals surface area contributed by atoms with Crippen LogP contribution in [-0.2, 0) is 20.9 Å². The van der Waals surface area contributed by atoms with Crippen molar-refractivity contribution in [2.45, 2.75) is 12.6 Å². The van der Waals surface area contributed by atoms with Crippen molar-refractivity contribution < 1.29 is 18.7 Å². The summed E-state index contributed by atoms with van der Waals surface area (Å²) in [6.45, 7) is 1.68. The van der Waals surface area contributed by atoms with Gasteiger partial charge in [0, 0.05) is 31.2 Å². The highest BCUT2D eigenvalue weighted by Gasteiger charge is 2.33. The van der Waals surface area contributed by atoms with E-state index in [1.165, 1.54) is 11.7 Å². The van der Waals surface area contributed by atoms with Gasteiger partial charge in [0.2, 0.25) is 5.91 Å². The van der Waals surface area contributed by atoms with Gasteiger partial charge in [-0.05, 0) is 23.8 Å². The Labute approximate surface area is 183 Å². The minimum atomic E-state index is -0.642. The van der Waals surface area contributed by atoms with Gasteiger partial charge < -0.3 is 14.1 Å². The van der Waals surface area contributed by atoms with Crippen molar-refractivity contribution in [3.63, 3.8) is 0 Å². The topological polar surface area (TPSA) is 85.0 Å². The number of methoxy groups -OCH3 is 1. The first-order valence-corrected chi connectivity index (χ1v) is 10.3. The Hall–Kier alpha value is -3.10. The van der Waals surface area contributed by atoms with Crippen LogP contribution in [0.3, 0.4) is 0 Å². The molecule has 0 radical (unpaired) electrons. The molecule has 2 heterocycles. The minimum absolute atomic E-state index is 0.0964. The second-order valence-electron chi connectivity index (χ2n) is 7.29. The molecule has 31 heavy (non-hydrogen) atoms. The Balaban J connectivity index is 1.46. The molecule has 1 fully saturated rings. The first kappa shape index (κ1) is 21.1. The van der Waals surface area contributed by atoms with Crippen LogP contribution in [0, 0.1) is 0 Å². The Bertz CT molecular complexity index is 1160. The number of fused-ring (bicyclic) bond motifs is 1. The van der Waals surface area contributed by atoms with Gasteiger partial charge in [0.1, 0.15) is 12.6 Å². The van der Waals surface area contributed by atoms with Crippen molar-refractivity contribution in [2.75, 3.05) is 33.3 Å². The zero-order valence-corrected chi connectivity index (χ0v) is 17.7. The van der Waals surface area contributed by atoms with E-state index in [0.717, 1.165) is 0 Å². The molecule has 1 atom stereocenters. The maximum absolute atomic E-state index is 12.8. The smallest absolute Gasteiger partial charge is 0.420 e. The molecule has 4 rings (SSSR count). The molecule has 1 aliphatic rings. The van der Waals surface area contributed by atoms with E-state index < -0.39 is 17.8 Å². The van der Waals surface area contributed by atoms with E-state index in [-0.39, 0.29) is 12.5 Å². The number of hydrogen-bond acceptors (Lipinski definition) is 6. The lowest BCUT2D eigenvalue weighted by Gasteiger charge is -2.38. The third-order valence-electron chi connectivity index (χ3n) is 5.52. The molecule has 1 unspecified atom stereocenters. The monoisotopic (exact) mass is 443 g/mol. The lowest BCUT2D eigenvalue weighted by Crippen LogP contribution is -2.52. The average molecular weight is 444 g/mol. The summed E-state index contributed by atoms with van der Waals surface area (Å²) >= 11 is 6.32. The third-order valence-corrected chi connectivity index (χ3v) is 5.87. The van der Waals surface area contributed by atoms with Crippen molar-refractivity contribution in [2.24, 2.45) is 0 Å². The van der Waals surface area contributed by atoms with Gasteiger partial charge in [-0.1, -0.05) is 41.9 Å². The van der Waals surface area contributed by atoms with Gasteiger partial charge >= 0.3 is 11.7 Å². The van der Waals surface area contributed by atoms with Gasteiger partial charge in [0.05, 0.1) is 12.6 Å². The molecular weight excluding hydrogens is 422 g/mol. The number of esters is 1. The minimum Gasteiger partial charge on any atom is -0.468 e. The predicted octanol–water partition coefficient (Wildman–Crippen LogP) is 2.31. The molecule has 9 heteroatoms. The molecule has 8 nitrogen and oxygen atoms in total. The van der Waals surface area contributed by atoms with Crippen molar-refractivity contribution in [3.05, 3.63) is 69.7 Å². The molecule has 1 aromatic heterocycles. The molecule has 2 aromatic carbocycles. The van der Waals surface area contributed by atoms with E-state index in [1.807, 2.05) is 11.0 Å². The quantitative estimate of drug-likeness (QED) is 0.562. The lowest BCUT2D eigenvalue weighted by atomic mass is 10.0. The van der Waals surface area contributed by atoms with E-state index >= 15 is 0 Å². The average Bonchev–Trinajstić information content (AvgIpc) is 3.10. The van der Waals surface area contributed by atoms with Gasteiger partial charge in [-0.3, -0.25) is 14.3 Å². The Morgan fingerprint density at radius 2 is 1.74 bits per heavy atom. The van der Waals surface area contributed by atoms with Crippen LogP contribution in [0.2, 0.25) is 5.02 Å². The highest BCUT2D eigenvalue weighted by molar-refractivity contribution is 6.31. The number of halogens is 1. The van der Waals surface area contributed by atoms with Crippen LogP contribution < -0.4 is 5.76 Å². The fourth-order valence-corrected chi connectivity index (χ4v) is 4.15. The zero-order chi connectivity index (χ0) is 22.0. The number of amides is 1. The molecule has 162 valence electrons. The largest absolute Gasteiger partial charge is 0.468 e. The molecule has 1 aliphatic heterocycles. The van der Waals surface area contributed by atoms with Gasteiger partial charge in [0.15, 0.2) is 5.58 Å². The number of nitrogens with zero attached hydrogens (tertiary/aromatic N) is 3. The zero-order valence-electron chi connectivity index (χ0n) is 17.0. The van der Waals surface area contributed by atoms with Crippen LogP contribution >= 0.6 is 11.6 Å². The van der Waals surface area contributed by atoms with Crippen LogP contribution in [0.5, 0.6) is 0 Å². The molecule has 0 aliphatic carbocycles. The van der Waals surface area contributed by atoms with E-state index in [2.05, 4.69) is 0 Å². The first-order valence-electron chi connectivity index (χ1n) is 9.92. The summed E-state index contributed by atoms with van der Waals surface area (Å²) in [7, 11) is 1.35. The Morgan fingerprint density at radius 1 is 1.06 bits per heavy atom. The standard InChI is InChI=1S/C22H22ClN3O5/c1-30-21(28)20(15-6-2-3-7-16(15)23)25-12-10-24(11-13-25)19(27)14-26-17-8-4-5-9-18(17)31-22(26)29/h2-9,20H,10-14H2,1H3. The van der Waals surface area contributed by atoms with Gasteiger partial charge in [-0.15, -0.1) is 0 Å². The maximum atomic E-state index is 12.8.